The first-order valence-electron chi connectivity index (χ1n) is 6.59. The minimum absolute atomic E-state index is 0.125. The second-order valence-electron chi connectivity index (χ2n) is 5.69. The maximum absolute atomic E-state index is 12.0. The van der Waals surface area contributed by atoms with Gasteiger partial charge in [-0.1, -0.05) is 13.8 Å². The molecule has 2 unspecified atom stereocenters. The molecule has 0 aliphatic heterocycles. The number of likely N-dealkylation sites (N-methyl/N-ethyl adjacent to an activating group) is 1. The highest BCUT2D eigenvalue weighted by Gasteiger charge is 2.26. The second-order valence-corrected chi connectivity index (χ2v) is 5.69. The van der Waals surface area contributed by atoms with Crippen molar-refractivity contribution in [3.05, 3.63) is 0 Å². The van der Waals surface area contributed by atoms with Crippen molar-refractivity contribution in [3.63, 3.8) is 0 Å². The lowest BCUT2D eigenvalue weighted by Gasteiger charge is -2.29. The van der Waals surface area contributed by atoms with E-state index in [0.29, 0.717) is 18.4 Å². The maximum Gasteiger partial charge on any atom is 0.389 e. The Bertz CT molecular complexity index is 215. The molecule has 0 aromatic heterocycles. The highest BCUT2D eigenvalue weighted by atomic mass is 19.4. The van der Waals surface area contributed by atoms with Gasteiger partial charge in [-0.15, -0.1) is 0 Å². The predicted molar refractivity (Wildman–Crippen MR) is 69.7 cm³/mol. The molecule has 0 aromatic rings. The molecule has 0 fully saturated rings. The van der Waals surface area contributed by atoms with E-state index in [1.54, 1.807) is 0 Å². The molecule has 0 heterocycles. The lowest BCUT2D eigenvalue weighted by molar-refractivity contribution is -0.135. The lowest BCUT2D eigenvalue weighted by atomic mass is 10.0. The minimum atomic E-state index is -4.03. The van der Waals surface area contributed by atoms with E-state index in [9.17, 15) is 13.2 Å². The van der Waals surface area contributed by atoms with Crippen molar-refractivity contribution < 1.29 is 13.2 Å². The molecule has 0 bridgehead atoms. The molecule has 0 spiro atoms. The van der Waals surface area contributed by atoms with Gasteiger partial charge in [-0.2, -0.15) is 13.2 Å². The van der Waals surface area contributed by atoms with Gasteiger partial charge in [0, 0.05) is 25.0 Å². The van der Waals surface area contributed by atoms with Gasteiger partial charge in [0.05, 0.1) is 0 Å². The fraction of sp³-hybridized carbons (Fsp3) is 1.00. The monoisotopic (exact) mass is 268 g/mol. The molecule has 110 valence electrons. The van der Waals surface area contributed by atoms with Crippen molar-refractivity contribution in [2.45, 2.75) is 58.3 Å². The van der Waals surface area contributed by atoms with Crippen LogP contribution in [0.15, 0.2) is 0 Å². The summed E-state index contributed by atoms with van der Waals surface area (Å²) in [5, 5.41) is 3.42. The van der Waals surface area contributed by atoms with E-state index in [2.05, 4.69) is 24.1 Å². The van der Waals surface area contributed by atoms with E-state index in [1.807, 2.05) is 21.0 Å². The molecule has 0 saturated carbocycles. The van der Waals surface area contributed by atoms with E-state index in [1.165, 1.54) is 0 Å². The number of rotatable bonds is 8. The lowest BCUT2D eigenvalue weighted by Crippen LogP contribution is -2.46. The summed E-state index contributed by atoms with van der Waals surface area (Å²) in [6.45, 7) is 7.12. The maximum atomic E-state index is 12.0. The molecular weight excluding hydrogens is 241 g/mol. The molecule has 5 heteroatoms. The van der Waals surface area contributed by atoms with Gasteiger partial charge < -0.3 is 10.2 Å². The van der Waals surface area contributed by atoms with Crippen LogP contribution in [0.1, 0.15) is 40.0 Å². The number of nitrogens with one attached hydrogen (secondary N) is 1. The summed E-state index contributed by atoms with van der Waals surface area (Å²) in [7, 11) is 4.01. The Morgan fingerprint density at radius 2 is 1.67 bits per heavy atom. The Kier molecular flexibility index (Phi) is 7.87. The summed E-state index contributed by atoms with van der Waals surface area (Å²) in [4.78, 5) is 2.10. The van der Waals surface area contributed by atoms with Gasteiger partial charge in [-0.25, -0.2) is 0 Å². The molecule has 0 saturated heterocycles. The number of alkyl halides is 3. The zero-order valence-corrected chi connectivity index (χ0v) is 12.1. The van der Waals surface area contributed by atoms with Crippen LogP contribution in [0.3, 0.4) is 0 Å². The fourth-order valence-corrected chi connectivity index (χ4v) is 1.91. The van der Waals surface area contributed by atoms with Crippen LogP contribution in [0.2, 0.25) is 0 Å². The standard InChI is InChI=1S/C13H27F3N2/c1-10(2)12(9-18(4)5)17-11(3)7-6-8-13(14,15)16/h10-12,17H,6-9H2,1-5H3. The smallest absolute Gasteiger partial charge is 0.310 e. The zero-order chi connectivity index (χ0) is 14.3. The molecule has 0 amide bonds. The summed E-state index contributed by atoms with van der Waals surface area (Å²) in [6, 6.07) is 0.445. The van der Waals surface area contributed by atoms with Crippen molar-refractivity contribution in [2.75, 3.05) is 20.6 Å². The molecule has 0 radical (unpaired) electrons. The number of halogens is 3. The fourth-order valence-electron chi connectivity index (χ4n) is 1.91. The molecule has 18 heavy (non-hydrogen) atoms. The van der Waals surface area contributed by atoms with Gasteiger partial charge in [0.1, 0.15) is 0 Å². The van der Waals surface area contributed by atoms with Gasteiger partial charge in [-0.05, 0) is 39.8 Å². The normalized spacial score (nSPS) is 16.3. The minimum Gasteiger partial charge on any atom is -0.310 e. The molecule has 0 rings (SSSR count). The second kappa shape index (κ2) is 8.00. The average molecular weight is 268 g/mol. The first-order valence-corrected chi connectivity index (χ1v) is 6.59. The van der Waals surface area contributed by atoms with E-state index >= 15 is 0 Å². The third-order valence-corrected chi connectivity index (χ3v) is 2.96. The van der Waals surface area contributed by atoms with Crippen molar-refractivity contribution in [1.29, 1.82) is 0 Å². The Hall–Kier alpha value is -0.290. The van der Waals surface area contributed by atoms with Crippen molar-refractivity contribution in [2.24, 2.45) is 5.92 Å². The zero-order valence-electron chi connectivity index (χ0n) is 12.1. The number of hydrogen-bond acceptors (Lipinski definition) is 2. The van der Waals surface area contributed by atoms with Crippen LogP contribution in [0, 0.1) is 5.92 Å². The van der Waals surface area contributed by atoms with Crippen LogP contribution in [0.4, 0.5) is 13.2 Å². The SMILES string of the molecule is CC(CCCC(F)(F)F)NC(CN(C)C)C(C)C. The Morgan fingerprint density at radius 3 is 2.06 bits per heavy atom. The molecule has 2 atom stereocenters. The van der Waals surface area contributed by atoms with Gasteiger partial charge >= 0.3 is 6.18 Å². The van der Waals surface area contributed by atoms with Gasteiger partial charge in [0.25, 0.3) is 0 Å². The molecule has 0 aromatic carbocycles. The Balaban J connectivity index is 3.98. The summed E-state index contributed by atoms with van der Waals surface area (Å²) in [5.74, 6) is 0.470. The van der Waals surface area contributed by atoms with Crippen molar-refractivity contribution in [3.8, 4) is 0 Å². The van der Waals surface area contributed by atoms with Crippen molar-refractivity contribution >= 4 is 0 Å². The summed E-state index contributed by atoms with van der Waals surface area (Å²) >= 11 is 0. The van der Waals surface area contributed by atoms with E-state index in [0.717, 1.165) is 6.54 Å². The highest BCUT2D eigenvalue weighted by molar-refractivity contribution is 4.76. The summed E-state index contributed by atoms with van der Waals surface area (Å²) in [6.07, 6.45) is -3.94. The highest BCUT2D eigenvalue weighted by Crippen LogP contribution is 2.22. The topological polar surface area (TPSA) is 15.3 Å². The Labute approximate surface area is 109 Å². The average Bonchev–Trinajstić information content (AvgIpc) is 2.13. The first kappa shape index (κ1) is 17.7. The molecule has 2 nitrogen and oxygen atoms in total. The van der Waals surface area contributed by atoms with Crippen LogP contribution in [-0.2, 0) is 0 Å². The quantitative estimate of drug-likeness (QED) is 0.726. The number of hydrogen-bond donors (Lipinski definition) is 1. The molecular formula is C13H27F3N2. The molecule has 1 N–H and O–H groups in total. The van der Waals surface area contributed by atoms with Gasteiger partial charge in [0.15, 0.2) is 0 Å². The van der Waals surface area contributed by atoms with E-state index in [4.69, 9.17) is 0 Å². The largest absolute Gasteiger partial charge is 0.389 e. The molecule has 0 aliphatic rings. The van der Waals surface area contributed by atoms with Crippen LogP contribution < -0.4 is 5.32 Å². The van der Waals surface area contributed by atoms with Gasteiger partial charge in [-0.3, -0.25) is 0 Å². The summed E-state index contributed by atoms with van der Waals surface area (Å²) in [5.41, 5.74) is 0. The van der Waals surface area contributed by atoms with E-state index in [-0.39, 0.29) is 12.5 Å². The van der Waals surface area contributed by atoms with Crippen LogP contribution in [-0.4, -0.2) is 43.8 Å². The Morgan fingerprint density at radius 1 is 1.11 bits per heavy atom. The predicted octanol–water partition coefficient (Wildman–Crippen LogP) is 3.28. The van der Waals surface area contributed by atoms with Crippen molar-refractivity contribution in [1.82, 2.24) is 10.2 Å². The van der Waals surface area contributed by atoms with Crippen LogP contribution in [0.5, 0.6) is 0 Å². The van der Waals surface area contributed by atoms with Gasteiger partial charge in [0.2, 0.25) is 0 Å². The third kappa shape index (κ3) is 9.71. The van der Waals surface area contributed by atoms with Crippen LogP contribution >= 0.6 is 0 Å². The first-order chi connectivity index (χ1) is 8.11. The van der Waals surface area contributed by atoms with E-state index < -0.39 is 12.6 Å². The van der Waals surface area contributed by atoms with Crippen LogP contribution in [0.25, 0.3) is 0 Å². The third-order valence-electron chi connectivity index (χ3n) is 2.96. The molecule has 0 aliphatic carbocycles. The summed E-state index contributed by atoms with van der Waals surface area (Å²) < 4.78 is 36.1. The number of nitrogens with zero attached hydrogens (tertiary/aromatic N) is 1.